The van der Waals surface area contributed by atoms with E-state index in [1.165, 1.54) is 19.2 Å². The van der Waals surface area contributed by atoms with Crippen LogP contribution in [0.4, 0.5) is 0 Å². The Bertz CT molecular complexity index is 950. The predicted octanol–water partition coefficient (Wildman–Crippen LogP) is 3.19. The van der Waals surface area contributed by atoms with Crippen molar-refractivity contribution in [2.75, 3.05) is 7.05 Å². The van der Waals surface area contributed by atoms with Crippen LogP contribution in [-0.4, -0.2) is 30.7 Å². The summed E-state index contributed by atoms with van der Waals surface area (Å²) >= 11 is 3.28. The number of hydrogen-bond donors (Lipinski definition) is 1. The van der Waals surface area contributed by atoms with Gasteiger partial charge in [-0.25, -0.2) is 8.42 Å². The average molecular weight is 394 g/mol. The van der Waals surface area contributed by atoms with Gasteiger partial charge in [-0.1, -0.05) is 40.2 Å². The second kappa shape index (κ2) is 5.50. The van der Waals surface area contributed by atoms with E-state index in [4.69, 9.17) is 0 Å². The lowest BCUT2D eigenvalue weighted by Gasteiger charge is -2.28. The summed E-state index contributed by atoms with van der Waals surface area (Å²) in [6.45, 7) is 0. The summed E-state index contributed by atoms with van der Waals surface area (Å²) in [5.41, 5.74) is 0.146. The lowest BCUT2D eigenvalue weighted by atomic mass is 10.0. The number of likely N-dealkylation sites (N-methyl/N-ethyl adjacent to an activating group) is 1. The molecule has 0 saturated heterocycles. The molecule has 0 amide bonds. The summed E-state index contributed by atoms with van der Waals surface area (Å²) in [7, 11) is -2.63. The van der Waals surface area contributed by atoms with Crippen molar-refractivity contribution in [1.82, 2.24) is 4.31 Å². The zero-order chi connectivity index (χ0) is 16.8. The second-order valence-electron chi connectivity index (χ2n) is 5.01. The Morgan fingerprint density at radius 2 is 1.83 bits per heavy atom. The van der Waals surface area contributed by atoms with E-state index >= 15 is 0 Å². The van der Waals surface area contributed by atoms with E-state index in [1.807, 2.05) is 0 Å². The zero-order valence-corrected chi connectivity index (χ0v) is 14.4. The minimum Gasteiger partial charge on any atom is -0.505 e. The quantitative estimate of drug-likeness (QED) is 0.596. The highest BCUT2D eigenvalue weighted by molar-refractivity contribution is 9.10. The molecule has 1 heterocycles. The molecule has 118 valence electrons. The highest BCUT2D eigenvalue weighted by Crippen LogP contribution is 2.34. The van der Waals surface area contributed by atoms with Crippen LogP contribution < -0.4 is 0 Å². The topological polar surface area (TPSA) is 74.7 Å². The Kier molecular flexibility index (Phi) is 3.77. The minimum atomic E-state index is -3.88. The molecule has 0 saturated carbocycles. The fourth-order valence-corrected chi connectivity index (χ4v) is 4.24. The van der Waals surface area contributed by atoms with E-state index in [2.05, 4.69) is 15.9 Å². The minimum absolute atomic E-state index is 0.0571. The van der Waals surface area contributed by atoms with Gasteiger partial charge in [0.15, 0.2) is 5.76 Å². The molecule has 7 heteroatoms. The van der Waals surface area contributed by atoms with E-state index < -0.39 is 15.8 Å². The van der Waals surface area contributed by atoms with Crippen LogP contribution in [0.2, 0.25) is 0 Å². The number of carbonyl (C=O) groups excluding carboxylic acids is 1. The number of carbonyl (C=O) groups is 1. The molecule has 23 heavy (non-hydrogen) atoms. The van der Waals surface area contributed by atoms with Crippen LogP contribution >= 0.6 is 15.9 Å². The summed E-state index contributed by atoms with van der Waals surface area (Å²) in [6.07, 6.45) is 0. The Morgan fingerprint density at radius 1 is 1.13 bits per heavy atom. The van der Waals surface area contributed by atoms with Crippen molar-refractivity contribution >= 4 is 37.5 Å². The number of allylic oxidation sites excluding steroid dienone is 1. The van der Waals surface area contributed by atoms with Gasteiger partial charge in [-0.2, -0.15) is 0 Å². The van der Waals surface area contributed by atoms with Crippen molar-refractivity contribution in [2.45, 2.75) is 4.90 Å². The smallest absolute Gasteiger partial charge is 0.265 e. The van der Waals surface area contributed by atoms with Crippen molar-refractivity contribution in [1.29, 1.82) is 0 Å². The van der Waals surface area contributed by atoms with E-state index in [9.17, 15) is 18.3 Å². The second-order valence-corrected chi connectivity index (χ2v) is 7.86. The highest BCUT2D eigenvalue weighted by atomic mass is 79.9. The lowest BCUT2D eigenvalue weighted by Crippen LogP contribution is -2.37. The summed E-state index contributed by atoms with van der Waals surface area (Å²) in [5.74, 6) is -0.910. The van der Waals surface area contributed by atoms with Gasteiger partial charge in [0.1, 0.15) is 5.70 Å². The van der Waals surface area contributed by atoms with Gasteiger partial charge >= 0.3 is 0 Å². The first kappa shape index (κ1) is 15.8. The molecule has 0 radical (unpaired) electrons. The first-order valence-electron chi connectivity index (χ1n) is 6.66. The molecule has 0 fully saturated rings. The van der Waals surface area contributed by atoms with Crippen LogP contribution in [0.25, 0.3) is 5.76 Å². The molecule has 3 rings (SSSR count). The van der Waals surface area contributed by atoms with Crippen molar-refractivity contribution in [3.63, 3.8) is 0 Å². The number of aliphatic hydroxyl groups excluding tert-OH is 1. The lowest BCUT2D eigenvalue weighted by molar-refractivity contribution is 0.100. The van der Waals surface area contributed by atoms with Gasteiger partial charge in [0.05, 0.1) is 4.90 Å². The van der Waals surface area contributed by atoms with Crippen LogP contribution in [0.1, 0.15) is 15.9 Å². The zero-order valence-electron chi connectivity index (χ0n) is 12.0. The van der Waals surface area contributed by atoms with Gasteiger partial charge in [-0.05, 0) is 24.3 Å². The number of aliphatic hydroxyl groups is 1. The number of sulfonamides is 1. The molecule has 2 aromatic carbocycles. The molecule has 2 aromatic rings. The van der Waals surface area contributed by atoms with E-state index in [-0.39, 0.29) is 21.9 Å². The molecule has 5 nitrogen and oxygen atoms in total. The summed E-state index contributed by atoms with van der Waals surface area (Å²) in [6, 6.07) is 12.6. The Balaban J connectivity index is 2.29. The van der Waals surface area contributed by atoms with E-state index in [0.29, 0.717) is 10.0 Å². The van der Waals surface area contributed by atoms with Crippen molar-refractivity contribution < 1.29 is 18.3 Å². The molecule has 1 aliphatic rings. The molecule has 0 spiro atoms. The van der Waals surface area contributed by atoms with Crippen molar-refractivity contribution in [3.8, 4) is 0 Å². The van der Waals surface area contributed by atoms with Crippen LogP contribution in [-0.2, 0) is 10.0 Å². The molecule has 0 bridgehead atoms. The summed E-state index contributed by atoms with van der Waals surface area (Å²) < 4.78 is 26.7. The molecule has 1 aliphatic heterocycles. The largest absolute Gasteiger partial charge is 0.505 e. The molecule has 0 aromatic heterocycles. The number of Topliss-reactive ketones (excluding diaryl/α,β-unsaturated/α-hetero) is 1. The summed E-state index contributed by atoms with van der Waals surface area (Å²) in [4.78, 5) is 12.6. The third-order valence-corrected chi connectivity index (χ3v) is 5.93. The molecule has 0 unspecified atom stereocenters. The van der Waals surface area contributed by atoms with Gasteiger partial charge in [0.2, 0.25) is 5.78 Å². The fourth-order valence-electron chi connectivity index (χ4n) is 2.45. The van der Waals surface area contributed by atoms with Crippen molar-refractivity contribution in [2.24, 2.45) is 0 Å². The molecular formula is C16H12BrNO4S. The maximum absolute atomic E-state index is 12.7. The number of rotatable bonds is 1. The molecule has 1 N–H and O–H groups in total. The Labute approximate surface area is 142 Å². The summed E-state index contributed by atoms with van der Waals surface area (Å²) in [5, 5.41) is 10.5. The normalized spacial score (nSPS) is 18.5. The first-order chi connectivity index (χ1) is 10.8. The van der Waals surface area contributed by atoms with Gasteiger partial charge < -0.3 is 5.11 Å². The van der Waals surface area contributed by atoms with Gasteiger partial charge in [-0.15, -0.1) is 0 Å². The van der Waals surface area contributed by atoms with Crippen LogP contribution in [0.3, 0.4) is 0 Å². The monoisotopic (exact) mass is 393 g/mol. The van der Waals surface area contributed by atoms with Gasteiger partial charge in [0.25, 0.3) is 10.0 Å². The number of fused-ring (bicyclic) bond motifs is 1. The maximum atomic E-state index is 12.7. The van der Waals surface area contributed by atoms with Gasteiger partial charge in [-0.3, -0.25) is 9.10 Å². The number of halogens is 1. The third kappa shape index (κ3) is 2.46. The van der Waals surface area contributed by atoms with Crippen LogP contribution in [0, 0.1) is 0 Å². The average Bonchev–Trinajstić information content (AvgIpc) is 2.53. The fraction of sp³-hybridized carbons (Fsp3) is 0.0625. The van der Waals surface area contributed by atoms with Crippen LogP contribution in [0.15, 0.2) is 63.6 Å². The molecule has 0 aliphatic carbocycles. The number of hydrogen-bond acceptors (Lipinski definition) is 4. The Hall–Kier alpha value is -2.12. The first-order valence-corrected chi connectivity index (χ1v) is 8.89. The predicted molar refractivity (Wildman–Crippen MR) is 89.4 cm³/mol. The molecule has 0 atom stereocenters. The maximum Gasteiger partial charge on any atom is 0.265 e. The van der Waals surface area contributed by atoms with Crippen LogP contribution in [0.5, 0.6) is 0 Å². The van der Waals surface area contributed by atoms with Gasteiger partial charge in [0, 0.05) is 22.6 Å². The number of ketones is 1. The van der Waals surface area contributed by atoms with E-state index in [1.54, 1.807) is 36.4 Å². The standard InChI is InChI=1S/C16H12BrNO4S/c1-18-14(15(19)10-5-4-6-11(17)9-10)16(20)12-7-2-3-8-13(12)23(18,21)22/h2-9,19H,1H3. The van der Waals surface area contributed by atoms with E-state index in [0.717, 1.165) is 4.31 Å². The Morgan fingerprint density at radius 3 is 2.52 bits per heavy atom. The van der Waals surface area contributed by atoms with Crippen molar-refractivity contribution in [3.05, 3.63) is 69.8 Å². The number of benzene rings is 2. The molecular weight excluding hydrogens is 382 g/mol. The third-order valence-electron chi connectivity index (χ3n) is 3.62. The highest BCUT2D eigenvalue weighted by Gasteiger charge is 2.39. The number of nitrogens with zero attached hydrogens (tertiary/aromatic N) is 1. The SMILES string of the molecule is CN1C(=C(O)c2cccc(Br)c2)C(=O)c2ccccc2S1(=O)=O.